The smallest absolute Gasteiger partial charge is 0.323 e. The van der Waals surface area contributed by atoms with Crippen LogP contribution in [0.5, 0.6) is 5.75 Å². The fourth-order valence-electron chi connectivity index (χ4n) is 1.96. The molecule has 0 aliphatic carbocycles. The lowest BCUT2D eigenvalue weighted by Crippen LogP contribution is -2.43. The Morgan fingerprint density at radius 3 is 2.37 bits per heavy atom. The molecule has 0 aromatic heterocycles. The van der Waals surface area contributed by atoms with Crippen molar-refractivity contribution < 1.29 is 14.6 Å². The molecule has 2 N–H and O–H groups in total. The maximum atomic E-state index is 11.8. The third-order valence-corrected chi connectivity index (χ3v) is 3.49. The number of phenols is 1. The molecule has 0 aliphatic heterocycles. The second kappa shape index (κ2) is 7.14. The third kappa shape index (κ3) is 4.24. The number of hydrogen-bond acceptors (Lipinski definition) is 4. The molecule has 0 saturated heterocycles. The van der Waals surface area contributed by atoms with Crippen LogP contribution in [-0.2, 0) is 9.53 Å². The summed E-state index contributed by atoms with van der Waals surface area (Å²) in [5.41, 5.74) is 1.02. The fourth-order valence-corrected chi connectivity index (χ4v) is 1.96. The number of esters is 1. The first kappa shape index (κ1) is 15.5. The van der Waals surface area contributed by atoms with Crippen LogP contribution < -0.4 is 5.32 Å². The van der Waals surface area contributed by atoms with Crippen LogP contribution in [0.2, 0.25) is 0 Å². The molecule has 0 spiro atoms. The first-order valence-corrected chi connectivity index (χ1v) is 6.62. The van der Waals surface area contributed by atoms with Gasteiger partial charge in [0, 0.05) is 6.04 Å². The Hall–Kier alpha value is -1.55. The van der Waals surface area contributed by atoms with E-state index in [1.165, 1.54) is 7.11 Å². The zero-order valence-electron chi connectivity index (χ0n) is 12.0. The molecule has 1 rings (SSSR count). The summed E-state index contributed by atoms with van der Waals surface area (Å²) in [6.45, 7) is 6.07. The average Bonchev–Trinajstić information content (AvgIpc) is 2.43. The Morgan fingerprint density at radius 2 is 1.89 bits per heavy atom. The largest absolute Gasteiger partial charge is 0.508 e. The Bertz CT molecular complexity index is 402. The van der Waals surface area contributed by atoms with Crippen LogP contribution in [-0.4, -0.2) is 24.2 Å². The third-order valence-electron chi connectivity index (χ3n) is 3.49. The van der Waals surface area contributed by atoms with Crippen molar-refractivity contribution in [3.8, 4) is 5.75 Å². The molecule has 19 heavy (non-hydrogen) atoms. The molecule has 1 aromatic carbocycles. The minimum atomic E-state index is -0.321. The van der Waals surface area contributed by atoms with Gasteiger partial charge < -0.3 is 9.84 Å². The summed E-state index contributed by atoms with van der Waals surface area (Å²) in [4.78, 5) is 11.8. The van der Waals surface area contributed by atoms with E-state index in [1.807, 2.05) is 32.9 Å². The van der Waals surface area contributed by atoms with Gasteiger partial charge in [0.05, 0.1) is 7.11 Å². The molecule has 0 heterocycles. The normalized spacial score (nSPS) is 15.6. The number of carbonyl (C=O) groups is 1. The van der Waals surface area contributed by atoms with Crippen molar-refractivity contribution >= 4 is 5.97 Å². The predicted molar refractivity (Wildman–Crippen MR) is 74.9 cm³/mol. The first-order chi connectivity index (χ1) is 8.99. The van der Waals surface area contributed by atoms with E-state index >= 15 is 0 Å². The van der Waals surface area contributed by atoms with E-state index < -0.39 is 0 Å². The lowest BCUT2D eigenvalue weighted by molar-refractivity contribution is -0.144. The van der Waals surface area contributed by atoms with Crippen molar-refractivity contribution in [1.82, 2.24) is 5.32 Å². The van der Waals surface area contributed by atoms with E-state index in [4.69, 9.17) is 4.74 Å². The highest BCUT2D eigenvalue weighted by atomic mass is 16.5. The van der Waals surface area contributed by atoms with Crippen molar-refractivity contribution in [3.63, 3.8) is 0 Å². The van der Waals surface area contributed by atoms with E-state index in [0.717, 1.165) is 12.0 Å². The summed E-state index contributed by atoms with van der Waals surface area (Å²) >= 11 is 0. The molecule has 3 atom stereocenters. The summed E-state index contributed by atoms with van der Waals surface area (Å²) in [7, 11) is 1.41. The zero-order valence-corrected chi connectivity index (χ0v) is 12.0. The first-order valence-electron chi connectivity index (χ1n) is 6.62. The van der Waals surface area contributed by atoms with Gasteiger partial charge in [-0.1, -0.05) is 32.4 Å². The van der Waals surface area contributed by atoms with Gasteiger partial charge in [-0.05, 0) is 30.5 Å². The number of benzene rings is 1. The molecule has 0 amide bonds. The Balaban J connectivity index is 2.78. The highest BCUT2D eigenvalue weighted by molar-refractivity contribution is 5.76. The number of methoxy groups -OCH3 is 1. The van der Waals surface area contributed by atoms with Crippen LogP contribution in [0.25, 0.3) is 0 Å². The zero-order chi connectivity index (χ0) is 14.4. The van der Waals surface area contributed by atoms with Crippen LogP contribution in [0.4, 0.5) is 0 Å². The maximum Gasteiger partial charge on any atom is 0.323 e. The lowest BCUT2D eigenvalue weighted by Gasteiger charge is -2.26. The lowest BCUT2D eigenvalue weighted by atomic mass is 9.97. The monoisotopic (exact) mass is 265 g/mol. The number of rotatable bonds is 6. The summed E-state index contributed by atoms with van der Waals surface area (Å²) < 4.78 is 4.85. The minimum absolute atomic E-state index is 0.0127. The Morgan fingerprint density at radius 1 is 1.32 bits per heavy atom. The summed E-state index contributed by atoms with van der Waals surface area (Å²) in [6, 6.07) is 6.67. The molecule has 0 aliphatic rings. The predicted octanol–water partition coefficient (Wildman–Crippen LogP) is 2.63. The second-order valence-corrected chi connectivity index (χ2v) is 4.87. The molecule has 0 fully saturated rings. The summed E-state index contributed by atoms with van der Waals surface area (Å²) in [5, 5.41) is 12.6. The van der Waals surface area contributed by atoms with Crippen molar-refractivity contribution in [2.45, 2.75) is 39.3 Å². The van der Waals surface area contributed by atoms with Gasteiger partial charge in [-0.25, -0.2) is 0 Å². The Labute approximate surface area is 114 Å². The highest BCUT2D eigenvalue weighted by Gasteiger charge is 2.26. The van der Waals surface area contributed by atoms with E-state index in [0.29, 0.717) is 0 Å². The standard InChI is InChI=1S/C15H23NO3/c1-5-10(2)14(15(18)19-4)16-11(3)12-6-8-13(17)9-7-12/h6-11,14,16-17H,5H2,1-4H3. The number of phenolic OH excluding ortho intramolecular Hbond substituents is 1. The van der Waals surface area contributed by atoms with E-state index in [9.17, 15) is 9.90 Å². The Kier molecular flexibility index (Phi) is 5.83. The average molecular weight is 265 g/mol. The van der Waals surface area contributed by atoms with Crippen molar-refractivity contribution in [1.29, 1.82) is 0 Å². The number of aromatic hydroxyl groups is 1. The van der Waals surface area contributed by atoms with Crippen LogP contribution in [0.1, 0.15) is 38.8 Å². The number of nitrogens with one attached hydrogen (secondary N) is 1. The molecule has 4 heteroatoms. The van der Waals surface area contributed by atoms with E-state index in [1.54, 1.807) is 12.1 Å². The summed E-state index contributed by atoms with van der Waals surface area (Å²) in [6.07, 6.45) is 0.898. The van der Waals surface area contributed by atoms with Crippen LogP contribution in [0, 0.1) is 5.92 Å². The van der Waals surface area contributed by atoms with Crippen molar-refractivity contribution in [2.24, 2.45) is 5.92 Å². The fraction of sp³-hybridized carbons (Fsp3) is 0.533. The van der Waals surface area contributed by atoms with Crippen molar-refractivity contribution in [2.75, 3.05) is 7.11 Å². The molecule has 3 unspecified atom stereocenters. The van der Waals surface area contributed by atoms with Gasteiger partial charge in [0.15, 0.2) is 0 Å². The quantitative estimate of drug-likeness (QED) is 0.776. The van der Waals surface area contributed by atoms with E-state index in [-0.39, 0.29) is 29.7 Å². The van der Waals surface area contributed by atoms with Gasteiger partial charge in [0.1, 0.15) is 11.8 Å². The number of ether oxygens (including phenoxy) is 1. The van der Waals surface area contributed by atoms with E-state index in [2.05, 4.69) is 5.32 Å². The molecule has 106 valence electrons. The molecule has 0 radical (unpaired) electrons. The highest BCUT2D eigenvalue weighted by Crippen LogP contribution is 2.19. The van der Waals surface area contributed by atoms with Gasteiger partial charge >= 0.3 is 5.97 Å². The molecule has 0 bridgehead atoms. The van der Waals surface area contributed by atoms with Gasteiger partial charge in [0.2, 0.25) is 0 Å². The second-order valence-electron chi connectivity index (χ2n) is 4.87. The van der Waals surface area contributed by atoms with Crippen LogP contribution in [0.3, 0.4) is 0 Å². The molecule has 1 aromatic rings. The van der Waals surface area contributed by atoms with Crippen LogP contribution in [0.15, 0.2) is 24.3 Å². The molecule has 0 saturated carbocycles. The maximum absolute atomic E-state index is 11.8. The van der Waals surface area contributed by atoms with Gasteiger partial charge in [-0.3, -0.25) is 10.1 Å². The number of carbonyl (C=O) groups excluding carboxylic acids is 1. The van der Waals surface area contributed by atoms with Crippen molar-refractivity contribution in [3.05, 3.63) is 29.8 Å². The molecule has 4 nitrogen and oxygen atoms in total. The number of hydrogen-bond donors (Lipinski definition) is 2. The summed E-state index contributed by atoms with van der Waals surface area (Å²) in [5.74, 6) is 0.203. The molecular weight excluding hydrogens is 242 g/mol. The SMILES string of the molecule is CCC(C)C(NC(C)c1ccc(O)cc1)C(=O)OC. The van der Waals surface area contributed by atoms with Gasteiger partial charge in [-0.2, -0.15) is 0 Å². The topological polar surface area (TPSA) is 58.6 Å². The van der Waals surface area contributed by atoms with Gasteiger partial charge in [0.25, 0.3) is 0 Å². The van der Waals surface area contributed by atoms with Crippen LogP contribution >= 0.6 is 0 Å². The van der Waals surface area contributed by atoms with Gasteiger partial charge in [-0.15, -0.1) is 0 Å². The molecular formula is C15H23NO3. The minimum Gasteiger partial charge on any atom is -0.508 e.